The summed E-state index contributed by atoms with van der Waals surface area (Å²) in [6.07, 6.45) is 6.07. The first kappa shape index (κ1) is 17.9. The van der Waals surface area contributed by atoms with E-state index in [9.17, 15) is 5.11 Å². The third-order valence-electron chi connectivity index (χ3n) is 4.75. The van der Waals surface area contributed by atoms with Crippen LogP contribution < -0.4 is 5.32 Å². The van der Waals surface area contributed by atoms with Gasteiger partial charge in [-0.2, -0.15) is 0 Å². The van der Waals surface area contributed by atoms with Crippen molar-refractivity contribution in [2.75, 3.05) is 32.8 Å². The van der Waals surface area contributed by atoms with E-state index in [0.717, 1.165) is 19.5 Å². The minimum atomic E-state index is 0.329. The van der Waals surface area contributed by atoms with Crippen LogP contribution in [0, 0.1) is 11.3 Å². The molecule has 120 valence electrons. The van der Waals surface area contributed by atoms with Crippen molar-refractivity contribution in [2.45, 2.75) is 65.8 Å². The molecule has 1 aliphatic heterocycles. The van der Waals surface area contributed by atoms with Gasteiger partial charge in [0.1, 0.15) is 0 Å². The Kier molecular flexibility index (Phi) is 8.08. The fraction of sp³-hybridized carbons (Fsp3) is 1.00. The molecule has 0 radical (unpaired) electrons. The van der Waals surface area contributed by atoms with Crippen LogP contribution in [-0.4, -0.2) is 48.8 Å². The van der Waals surface area contributed by atoms with E-state index < -0.39 is 0 Å². The molecule has 1 heterocycles. The van der Waals surface area contributed by atoms with Crippen LogP contribution in [0.5, 0.6) is 0 Å². The van der Waals surface area contributed by atoms with Gasteiger partial charge in [-0.1, -0.05) is 34.1 Å². The van der Waals surface area contributed by atoms with Gasteiger partial charge in [-0.25, -0.2) is 0 Å². The van der Waals surface area contributed by atoms with E-state index in [1.165, 1.54) is 38.8 Å². The summed E-state index contributed by atoms with van der Waals surface area (Å²) in [6.45, 7) is 14.2. The summed E-state index contributed by atoms with van der Waals surface area (Å²) >= 11 is 0. The first-order valence-electron chi connectivity index (χ1n) is 8.56. The molecule has 0 aromatic rings. The first-order chi connectivity index (χ1) is 9.50. The van der Waals surface area contributed by atoms with Crippen molar-refractivity contribution < 1.29 is 5.11 Å². The van der Waals surface area contributed by atoms with E-state index in [0.29, 0.717) is 24.0 Å². The second kappa shape index (κ2) is 9.01. The molecule has 0 aromatic heterocycles. The Morgan fingerprint density at radius 1 is 1.35 bits per heavy atom. The largest absolute Gasteiger partial charge is 0.396 e. The minimum absolute atomic E-state index is 0.329. The normalized spacial score (nSPS) is 24.0. The lowest BCUT2D eigenvalue weighted by molar-refractivity contribution is 0.0696. The van der Waals surface area contributed by atoms with Crippen LogP contribution in [-0.2, 0) is 0 Å². The molecule has 2 unspecified atom stereocenters. The molecule has 2 atom stereocenters. The van der Waals surface area contributed by atoms with Crippen LogP contribution in [0.3, 0.4) is 0 Å². The molecule has 3 heteroatoms. The van der Waals surface area contributed by atoms with E-state index in [2.05, 4.69) is 37.9 Å². The Labute approximate surface area is 126 Å². The van der Waals surface area contributed by atoms with Crippen LogP contribution in [0.1, 0.15) is 59.8 Å². The average molecular weight is 284 g/mol. The van der Waals surface area contributed by atoms with Crippen LogP contribution in [0.4, 0.5) is 0 Å². The Bertz CT molecular complexity index is 255. The van der Waals surface area contributed by atoms with Gasteiger partial charge in [-0.3, -0.25) is 4.90 Å². The molecular weight excluding hydrogens is 248 g/mol. The average Bonchev–Trinajstić information content (AvgIpc) is 2.41. The van der Waals surface area contributed by atoms with Crippen molar-refractivity contribution in [1.29, 1.82) is 0 Å². The fourth-order valence-electron chi connectivity index (χ4n) is 3.19. The maximum atomic E-state index is 9.26. The lowest BCUT2D eigenvalue weighted by Crippen LogP contribution is -2.48. The quantitative estimate of drug-likeness (QED) is 0.683. The number of nitrogens with one attached hydrogen (secondary N) is 1. The molecular formula is C17H36N2O. The highest BCUT2D eigenvalue weighted by Gasteiger charge is 2.30. The van der Waals surface area contributed by atoms with E-state index >= 15 is 0 Å². The molecule has 1 fully saturated rings. The van der Waals surface area contributed by atoms with E-state index in [1.807, 2.05) is 0 Å². The second-order valence-electron chi connectivity index (χ2n) is 7.32. The number of likely N-dealkylation sites (tertiary alicyclic amines) is 1. The molecule has 3 nitrogen and oxygen atoms in total. The molecule has 20 heavy (non-hydrogen) atoms. The van der Waals surface area contributed by atoms with Gasteiger partial charge in [-0.15, -0.1) is 0 Å². The van der Waals surface area contributed by atoms with Gasteiger partial charge in [0.2, 0.25) is 0 Å². The summed E-state index contributed by atoms with van der Waals surface area (Å²) in [5.41, 5.74) is 0.347. The molecule has 0 amide bonds. The van der Waals surface area contributed by atoms with Gasteiger partial charge in [0.05, 0.1) is 0 Å². The predicted molar refractivity (Wildman–Crippen MR) is 87.0 cm³/mol. The summed E-state index contributed by atoms with van der Waals surface area (Å²) in [5, 5.41) is 12.9. The zero-order valence-electron chi connectivity index (χ0n) is 14.1. The number of piperidine rings is 1. The van der Waals surface area contributed by atoms with Crippen LogP contribution in [0.2, 0.25) is 0 Å². The lowest BCUT2D eigenvalue weighted by Gasteiger charge is -2.42. The Hall–Kier alpha value is -0.120. The molecule has 0 saturated carbocycles. The number of aliphatic hydroxyl groups excluding tert-OH is 1. The Balaban J connectivity index is 2.50. The summed E-state index contributed by atoms with van der Waals surface area (Å²) < 4.78 is 0. The smallest absolute Gasteiger partial charge is 0.0445 e. The highest BCUT2D eigenvalue weighted by molar-refractivity contribution is 4.85. The molecule has 2 N–H and O–H groups in total. The number of aliphatic hydroxyl groups is 1. The van der Waals surface area contributed by atoms with Gasteiger partial charge < -0.3 is 10.4 Å². The molecule has 1 aliphatic rings. The topological polar surface area (TPSA) is 35.5 Å². The summed E-state index contributed by atoms with van der Waals surface area (Å²) in [6, 6.07) is 0.602. The van der Waals surface area contributed by atoms with Crippen molar-refractivity contribution in [3.05, 3.63) is 0 Å². The maximum Gasteiger partial charge on any atom is 0.0445 e. The number of rotatable bonds is 9. The molecule has 0 spiro atoms. The zero-order valence-corrected chi connectivity index (χ0v) is 14.1. The fourth-order valence-corrected chi connectivity index (χ4v) is 3.19. The van der Waals surface area contributed by atoms with Crippen LogP contribution >= 0.6 is 0 Å². The highest BCUT2D eigenvalue weighted by Crippen LogP contribution is 2.27. The van der Waals surface area contributed by atoms with E-state index in [-0.39, 0.29) is 0 Å². The zero-order chi connectivity index (χ0) is 15.0. The Morgan fingerprint density at radius 3 is 2.70 bits per heavy atom. The van der Waals surface area contributed by atoms with Crippen molar-refractivity contribution in [1.82, 2.24) is 10.2 Å². The minimum Gasteiger partial charge on any atom is -0.396 e. The molecule has 0 aliphatic carbocycles. The summed E-state index contributed by atoms with van der Waals surface area (Å²) in [4.78, 5) is 2.64. The van der Waals surface area contributed by atoms with Gasteiger partial charge in [0.25, 0.3) is 0 Å². The molecule has 0 bridgehead atoms. The van der Waals surface area contributed by atoms with Crippen molar-refractivity contribution >= 4 is 0 Å². The standard InChI is InChI=1S/C17H36N2O/c1-5-17(4,13-18-12-15(2)3)14-19-10-7-6-8-16(19)9-11-20/h15-16,18,20H,5-14H2,1-4H3. The summed E-state index contributed by atoms with van der Waals surface area (Å²) in [5.74, 6) is 0.716. The predicted octanol–water partition coefficient (Wildman–Crippen LogP) is 2.89. The SMILES string of the molecule is CCC(C)(CNCC(C)C)CN1CCCCC1CCO. The molecule has 1 saturated heterocycles. The second-order valence-corrected chi connectivity index (χ2v) is 7.32. The first-order valence-corrected chi connectivity index (χ1v) is 8.56. The van der Waals surface area contributed by atoms with E-state index in [4.69, 9.17) is 0 Å². The molecule has 0 aromatic carbocycles. The van der Waals surface area contributed by atoms with Crippen molar-refractivity contribution in [3.63, 3.8) is 0 Å². The number of nitrogens with zero attached hydrogens (tertiary/aromatic N) is 1. The van der Waals surface area contributed by atoms with Crippen molar-refractivity contribution in [2.24, 2.45) is 11.3 Å². The van der Waals surface area contributed by atoms with Gasteiger partial charge in [0.15, 0.2) is 0 Å². The van der Waals surface area contributed by atoms with Crippen LogP contribution in [0.25, 0.3) is 0 Å². The summed E-state index contributed by atoms with van der Waals surface area (Å²) in [7, 11) is 0. The third kappa shape index (κ3) is 6.11. The number of hydrogen-bond donors (Lipinski definition) is 2. The van der Waals surface area contributed by atoms with Gasteiger partial charge in [0, 0.05) is 25.7 Å². The molecule has 1 rings (SSSR count). The number of hydrogen-bond acceptors (Lipinski definition) is 3. The van der Waals surface area contributed by atoms with Gasteiger partial charge in [-0.05, 0) is 50.1 Å². The lowest BCUT2D eigenvalue weighted by atomic mass is 9.85. The third-order valence-corrected chi connectivity index (χ3v) is 4.75. The van der Waals surface area contributed by atoms with Gasteiger partial charge >= 0.3 is 0 Å². The maximum absolute atomic E-state index is 9.26. The van der Waals surface area contributed by atoms with E-state index in [1.54, 1.807) is 0 Å². The Morgan fingerprint density at radius 2 is 2.10 bits per heavy atom. The monoisotopic (exact) mass is 284 g/mol. The van der Waals surface area contributed by atoms with Crippen molar-refractivity contribution in [3.8, 4) is 0 Å². The van der Waals surface area contributed by atoms with Crippen LogP contribution in [0.15, 0.2) is 0 Å². The highest BCUT2D eigenvalue weighted by atomic mass is 16.3.